The number of imidazole rings is 1. The van der Waals surface area contributed by atoms with Gasteiger partial charge in [0.15, 0.2) is 0 Å². The van der Waals surface area contributed by atoms with Gasteiger partial charge in [0.25, 0.3) is 0 Å². The van der Waals surface area contributed by atoms with Crippen LogP contribution < -0.4 is 0 Å². The van der Waals surface area contributed by atoms with Crippen molar-refractivity contribution in [2.75, 3.05) is 0 Å². The third kappa shape index (κ3) is 1.33. The molecule has 1 aromatic rings. The summed E-state index contributed by atoms with van der Waals surface area (Å²) >= 11 is 0. The number of rotatable bonds is 3. The van der Waals surface area contributed by atoms with Gasteiger partial charge < -0.3 is 10.1 Å². The minimum atomic E-state index is -0.534. The molecular formula is C8H8N4O2. The van der Waals surface area contributed by atoms with Crippen molar-refractivity contribution in [3.8, 4) is 6.07 Å². The lowest BCUT2D eigenvalue weighted by Crippen LogP contribution is -2.11. The molecule has 72 valence electrons. The summed E-state index contributed by atoms with van der Waals surface area (Å²) in [6, 6.07) is 2.19. The van der Waals surface area contributed by atoms with Gasteiger partial charge in [-0.1, -0.05) is 4.98 Å². The monoisotopic (exact) mass is 192 g/mol. The maximum atomic E-state index is 10.5. The lowest BCUT2D eigenvalue weighted by atomic mass is 10.1. The fourth-order valence-electron chi connectivity index (χ4n) is 1.38. The summed E-state index contributed by atoms with van der Waals surface area (Å²) in [4.78, 5) is 13.6. The van der Waals surface area contributed by atoms with Gasteiger partial charge in [0.2, 0.25) is 0 Å². The van der Waals surface area contributed by atoms with Crippen molar-refractivity contribution in [1.82, 2.24) is 9.55 Å². The van der Waals surface area contributed by atoms with Gasteiger partial charge in [-0.3, -0.25) is 0 Å². The van der Waals surface area contributed by atoms with Gasteiger partial charge in [-0.25, -0.2) is 4.57 Å². The van der Waals surface area contributed by atoms with E-state index in [1.807, 2.05) is 0 Å². The number of hydrogen-bond donors (Lipinski definition) is 0. The second-order valence-electron chi connectivity index (χ2n) is 3.50. The van der Waals surface area contributed by atoms with E-state index in [2.05, 4.69) is 11.1 Å². The van der Waals surface area contributed by atoms with Crippen LogP contribution in [0.25, 0.3) is 0 Å². The molecule has 14 heavy (non-hydrogen) atoms. The molecule has 2 rings (SSSR count). The Hall–Kier alpha value is -1.90. The van der Waals surface area contributed by atoms with Crippen LogP contribution in [0.1, 0.15) is 12.8 Å². The van der Waals surface area contributed by atoms with E-state index in [9.17, 15) is 10.1 Å². The van der Waals surface area contributed by atoms with E-state index >= 15 is 0 Å². The van der Waals surface area contributed by atoms with Crippen molar-refractivity contribution in [1.29, 1.82) is 5.26 Å². The van der Waals surface area contributed by atoms with Crippen LogP contribution in [0.2, 0.25) is 0 Å². The molecule has 6 heteroatoms. The summed E-state index contributed by atoms with van der Waals surface area (Å²) in [6.45, 7) is 0.375. The molecule has 0 spiro atoms. The van der Waals surface area contributed by atoms with Crippen molar-refractivity contribution in [2.45, 2.75) is 19.4 Å². The zero-order valence-corrected chi connectivity index (χ0v) is 7.38. The fraction of sp³-hybridized carbons (Fsp3) is 0.500. The Balaban J connectivity index is 2.22. The first-order valence-corrected chi connectivity index (χ1v) is 4.24. The molecule has 0 bridgehead atoms. The summed E-state index contributed by atoms with van der Waals surface area (Å²) in [5.74, 6) is -0.188. The second-order valence-corrected chi connectivity index (χ2v) is 3.50. The van der Waals surface area contributed by atoms with Gasteiger partial charge >= 0.3 is 5.95 Å². The molecule has 0 saturated heterocycles. The Morgan fingerprint density at radius 1 is 1.79 bits per heavy atom. The topological polar surface area (TPSA) is 84.8 Å². The van der Waals surface area contributed by atoms with Crippen LogP contribution in [0.15, 0.2) is 12.4 Å². The van der Waals surface area contributed by atoms with E-state index in [1.54, 1.807) is 0 Å². The van der Waals surface area contributed by atoms with Crippen molar-refractivity contribution < 1.29 is 4.92 Å². The Labute approximate surface area is 79.9 Å². The summed E-state index contributed by atoms with van der Waals surface area (Å²) < 4.78 is 1.43. The van der Waals surface area contributed by atoms with Gasteiger partial charge in [-0.05, 0) is 17.8 Å². The van der Waals surface area contributed by atoms with Crippen LogP contribution in [-0.4, -0.2) is 14.5 Å². The van der Waals surface area contributed by atoms with Crippen LogP contribution in [0.5, 0.6) is 0 Å². The Kier molecular flexibility index (Phi) is 1.74. The van der Waals surface area contributed by atoms with E-state index in [1.165, 1.54) is 17.0 Å². The quantitative estimate of drug-likeness (QED) is 0.530. The highest BCUT2D eigenvalue weighted by Crippen LogP contribution is 2.46. The SMILES string of the molecule is N#CC1(Cn2ccnc2[N+](=O)[O-])CC1. The third-order valence-corrected chi connectivity index (χ3v) is 2.42. The van der Waals surface area contributed by atoms with Crippen molar-refractivity contribution >= 4 is 5.95 Å². The molecule has 1 fully saturated rings. The average Bonchev–Trinajstić information content (AvgIpc) is 2.76. The van der Waals surface area contributed by atoms with Crippen LogP contribution in [0.3, 0.4) is 0 Å². The van der Waals surface area contributed by atoms with Gasteiger partial charge in [0, 0.05) is 0 Å². The molecule has 1 aromatic heterocycles. The van der Waals surface area contributed by atoms with E-state index in [-0.39, 0.29) is 11.4 Å². The third-order valence-electron chi connectivity index (χ3n) is 2.42. The highest BCUT2D eigenvalue weighted by molar-refractivity contribution is 5.14. The lowest BCUT2D eigenvalue weighted by Gasteiger charge is -2.04. The number of nitrogens with zero attached hydrogens (tertiary/aromatic N) is 4. The summed E-state index contributed by atoms with van der Waals surface area (Å²) in [6.07, 6.45) is 4.55. The van der Waals surface area contributed by atoms with Crippen molar-refractivity contribution in [3.05, 3.63) is 22.5 Å². The van der Waals surface area contributed by atoms with E-state index < -0.39 is 4.92 Å². The molecule has 1 aliphatic rings. The minimum absolute atomic E-state index is 0.188. The standard InChI is InChI=1S/C8H8N4O2/c9-5-8(1-2-8)6-11-4-3-10-7(11)12(13)14/h3-4H,1-2,6H2. The molecule has 0 N–H and O–H groups in total. The maximum Gasteiger partial charge on any atom is 0.434 e. The smallest absolute Gasteiger partial charge is 0.390 e. The van der Waals surface area contributed by atoms with Gasteiger partial charge in [-0.2, -0.15) is 5.26 Å². The average molecular weight is 192 g/mol. The molecule has 0 aromatic carbocycles. The number of nitriles is 1. The molecule has 1 saturated carbocycles. The first-order chi connectivity index (χ1) is 6.67. The molecule has 0 atom stereocenters. The molecule has 1 heterocycles. The molecular weight excluding hydrogens is 184 g/mol. The van der Waals surface area contributed by atoms with Crippen molar-refractivity contribution in [2.24, 2.45) is 5.41 Å². The van der Waals surface area contributed by atoms with Gasteiger partial charge in [-0.15, -0.1) is 0 Å². The van der Waals surface area contributed by atoms with Crippen LogP contribution in [0.4, 0.5) is 5.95 Å². The van der Waals surface area contributed by atoms with Crippen molar-refractivity contribution in [3.63, 3.8) is 0 Å². The van der Waals surface area contributed by atoms with E-state index in [0.717, 1.165) is 12.8 Å². The zero-order valence-electron chi connectivity index (χ0n) is 7.38. The number of nitro groups is 1. The van der Waals surface area contributed by atoms with Crippen LogP contribution in [0, 0.1) is 26.9 Å². The number of hydrogen-bond acceptors (Lipinski definition) is 4. The fourth-order valence-corrected chi connectivity index (χ4v) is 1.38. The number of aromatic nitrogens is 2. The van der Waals surface area contributed by atoms with Gasteiger partial charge in [0.1, 0.15) is 12.4 Å². The predicted molar refractivity (Wildman–Crippen MR) is 46.2 cm³/mol. The lowest BCUT2D eigenvalue weighted by molar-refractivity contribution is -0.396. The molecule has 0 amide bonds. The Morgan fingerprint density at radius 2 is 2.50 bits per heavy atom. The second kappa shape index (κ2) is 2.80. The normalized spacial score (nSPS) is 17.4. The predicted octanol–water partition coefficient (Wildman–Crippen LogP) is 1.10. The Bertz CT molecular complexity index is 413. The Morgan fingerprint density at radius 3 is 3.00 bits per heavy atom. The summed E-state index contributed by atoms with van der Waals surface area (Å²) in [7, 11) is 0. The highest BCUT2D eigenvalue weighted by atomic mass is 16.6. The van der Waals surface area contributed by atoms with Crippen LogP contribution >= 0.6 is 0 Å². The first kappa shape index (κ1) is 8.69. The van der Waals surface area contributed by atoms with E-state index in [4.69, 9.17) is 5.26 Å². The summed E-state index contributed by atoms with van der Waals surface area (Å²) in [5.41, 5.74) is -0.383. The molecule has 0 radical (unpaired) electrons. The first-order valence-electron chi connectivity index (χ1n) is 4.24. The largest absolute Gasteiger partial charge is 0.434 e. The molecule has 0 aliphatic heterocycles. The van der Waals surface area contributed by atoms with Gasteiger partial charge in [0.05, 0.1) is 18.0 Å². The minimum Gasteiger partial charge on any atom is -0.390 e. The zero-order chi connectivity index (χ0) is 10.2. The maximum absolute atomic E-state index is 10.5. The molecule has 1 aliphatic carbocycles. The highest BCUT2D eigenvalue weighted by Gasteiger charge is 2.45. The van der Waals surface area contributed by atoms with E-state index in [0.29, 0.717) is 6.54 Å². The van der Waals surface area contributed by atoms with Crippen LogP contribution in [-0.2, 0) is 6.54 Å². The molecule has 0 unspecified atom stereocenters. The molecule has 6 nitrogen and oxygen atoms in total. The summed E-state index contributed by atoms with van der Waals surface area (Å²) in [5, 5.41) is 19.3.